The molecule has 9 nitrogen and oxygen atoms in total. The summed E-state index contributed by atoms with van der Waals surface area (Å²) in [4.78, 5) is 49.8. The minimum absolute atomic E-state index is 0.0443. The third kappa shape index (κ3) is 6.56. The maximum Gasteiger partial charge on any atom is 0.308 e. The number of fused-ring (bicyclic) bond motifs is 2. The molecular formula is C32H37N5O4. The molecule has 1 N–H and O–H groups in total. The molecule has 214 valence electrons. The number of aromatic nitrogens is 3. The number of amides is 2. The average Bonchev–Trinajstić information content (AvgIpc) is 3.30. The molecule has 1 aliphatic carbocycles. The van der Waals surface area contributed by atoms with E-state index in [2.05, 4.69) is 10.3 Å². The Balaban J connectivity index is 1.44. The number of hydrogen-bond acceptors (Lipinski definition) is 6. The van der Waals surface area contributed by atoms with Crippen LogP contribution in [0.1, 0.15) is 69.7 Å². The van der Waals surface area contributed by atoms with Gasteiger partial charge in [-0.05, 0) is 76.1 Å². The fourth-order valence-corrected chi connectivity index (χ4v) is 5.39. The molecule has 0 unspecified atom stereocenters. The van der Waals surface area contributed by atoms with Gasteiger partial charge < -0.3 is 14.2 Å². The van der Waals surface area contributed by atoms with Crippen LogP contribution in [-0.4, -0.2) is 45.0 Å². The fraction of sp³-hybridized carbons (Fsp3) is 0.406. The molecule has 0 spiro atoms. The van der Waals surface area contributed by atoms with Crippen molar-refractivity contribution in [3.63, 3.8) is 0 Å². The molecular weight excluding hydrogens is 518 g/mol. The number of esters is 1. The largest absolute Gasteiger partial charge is 0.460 e. The molecule has 2 aromatic heterocycles. The van der Waals surface area contributed by atoms with Gasteiger partial charge in [0.2, 0.25) is 11.9 Å². The van der Waals surface area contributed by atoms with Gasteiger partial charge in [-0.3, -0.25) is 24.7 Å². The first-order chi connectivity index (χ1) is 19.6. The topological polar surface area (TPSA) is 106 Å². The number of nitrogens with one attached hydrogen (secondary N) is 1. The number of nitrogens with zero attached hydrogens (tertiary/aromatic N) is 4. The summed E-state index contributed by atoms with van der Waals surface area (Å²) in [6, 6.07) is 14.7. The number of carbonyl (C=O) groups is 3. The van der Waals surface area contributed by atoms with Crippen LogP contribution < -0.4 is 10.2 Å². The predicted octanol–water partition coefficient (Wildman–Crippen LogP) is 6.11. The maximum atomic E-state index is 13.3. The Morgan fingerprint density at radius 3 is 2.56 bits per heavy atom. The van der Waals surface area contributed by atoms with Crippen LogP contribution >= 0.6 is 0 Å². The summed E-state index contributed by atoms with van der Waals surface area (Å²) in [5.41, 5.74) is 2.77. The molecule has 41 heavy (non-hydrogen) atoms. The highest BCUT2D eigenvalue weighted by Gasteiger charge is 2.26. The third-order valence-electron chi connectivity index (χ3n) is 7.45. The van der Waals surface area contributed by atoms with Crippen molar-refractivity contribution in [1.29, 1.82) is 0 Å². The Morgan fingerprint density at radius 2 is 1.80 bits per heavy atom. The lowest BCUT2D eigenvalue weighted by Crippen LogP contribution is -2.33. The summed E-state index contributed by atoms with van der Waals surface area (Å²) in [5, 5.41) is 3.79. The second-order valence-corrected chi connectivity index (χ2v) is 11.7. The van der Waals surface area contributed by atoms with Crippen molar-refractivity contribution >= 4 is 51.4 Å². The lowest BCUT2D eigenvalue weighted by Gasteiger charge is -2.26. The standard InChI is InChI=1S/C32H37N5O4/c1-32(2,3)41-28(38)16-18-37-27-15-13-24(36(4)30(40)21-9-6-5-7-10-21)20-26(27)34-31(37)35-29(39)23-12-14-25-22(19-23)11-8-17-33-25/h8,11-15,17,19-21H,5-7,9-10,16,18H2,1-4H3,(H,34,35,39). The molecule has 0 saturated heterocycles. The molecule has 0 atom stereocenters. The Morgan fingerprint density at radius 1 is 1.02 bits per heavy atom. The Hall–Kier alpha value is -4.27. The SMILES string of the molecule is CN(C(=O)C1CCCCC1)c1ccc2c(c1)nc(NC(=O)c1ccc3ncccc3c1)n2CCC(=O)OC(C)(C)C. The van der Waals surface area contributed by atoms with Crippen molar-refractivity contribution < 1.29 is 19.1 Å². The van der Waals surface area contributed by atoms with Crippen LogP contribution in [0.4, 0.5) is 11.6 Å². The second-order valence-electron chi connectivity index (χ2n) is 11.7. The molecule has 1 saturated carbocycles. The van der Waals surface area contributed by atoms with Gasteiger partial charge in [-0.2, -0.15) is 0 Å². The highest BCUT2D eigenvalue weighted by atomic mass is 16.6. The number of hydrogen-bond donors (Lipinski definition) is 1. The first kappa shape index (κ1) is 28.3. The van der Waals surface area contributed by atoms with Crippen LogP contribution in [0.25, 0.3) is 21.9 Å². The van der Waals surface area contributed by atoms with Crippen molar-refractivity contribution in [2.75, 3.05) is 17.3 Å². The van der Waals surface area contributed by atoms with Crippen molar-refractivity contribution in [2.45, 2.75) is 71.4 Å². The lowest BCUT2D eigenvalue weighted by molar-refractivity contribution is -0.155. The minimum Gasteiger partial charge on any atom is -0.460 e. The van der Waals surface area contributed by atoms with E-state index in [-0.39, 0.29) is 36.7 Å². The van der Waals surface area contributed by atoms with E-state index in [1.807, 2.05) is 55.7 Å². The Kier molecular flexibility index (Phi) is 8.06. The zero-order valence-electron chi connectivity index (χ0n) is 24.1. The number of benzene rings is 2. The number of carbonyl (C=O) groups excluding carboxylic acids is 3. The van der Waals surface area contributed by atoms with Crippen molar-refractivity contribution in [2.24, 2.45) is 5.92 Å². The van der Waals surface area contributed by atoms with Gasteiger partial charge in [0.1, 0.15) is 5.60 Å². The van der Waals surface area contributed by atoms with E-state index in [4.69, 9.17) is 9.72 Å². The summed E-state index contributed by atoms with van der Waals surface area (Å²) < 4.78 is 7.32. The van der Waals surface area contributed by atoms with E-state index in [9.17, 15) is 14.4 Å². The Bertz CT molecular complexity index is 1600. The van der Waals surface area contributed by atoms with Crippen LogP contribution in [0.3, 0.4) is 0 Å². The Labute approximate surface area is 239 Å². The first-order valence-corrected chi connectivity index (χ1v) is 14.2. The lowest BCUT2D eigenvalue weighted by atomic mass is 9.88. The van der Waals surface area contributed by atoms with Gasteiger partial charge >= 0.3 is 5.97 Å². The van der Waals surface area contributed by atoms with Crippen LogP contribution in [0, 0.1) is 5.92 Å². The van der Waals surface area contributed by atoms with Gasteiger partial charge in [0.05, 0.1) is 23.0 Å². The normalized spacial score (nSPS) is 14.2. The molecule has 9 heteroatoms. The summed E-state index contributed by atoms with van der Waals surface area (Å²) in [5.74, 6) is -0.184. The molecule has 0 radical (unpaired) electrons. The minimum atomic E-state index is -0.597. The van der Waals surface area contributed by atoms with Crippen LogP contribution in [0.2, 0.25) is 0 Å². The first-order valence-electron chi connectivity index (χ1n) is 14.2. The van der Waals surface area contributed by atoms with E-state index >= 15 is 0 Å². The van der Waals surface area contributed by atoms with Crippen molar-refractivity contribution in [1.82, 2.24) is 14.5 Å². The van der Waals surface area contributed by atoms with E-state index in [1.165, 1.54) is 6.42 Å². The molecule has 2 aromatic carbocycles. The highest BCUT2D eigenvalue weighted by molar-refractivity contribution is 6.06. The number of pyridine rings is 1. The molecule has 4 aromatic rings. The molecule has 1 fully saturated rings. The quantitative estimate of drug-likeness (QED) is 0.276. The summed E-state index contributed by atoms with van der Waals surface area (Å²) in [7, 11) is 1.80. The molecule has 5 rings (SSSR count). The monoisotopic (exact) mass is 555 g/mol. The summed E-state index contributed by atoms with van der Waals surface area (Å²) in [6.07, 6.45) is 7.02. The van der Waals surface area contributed by atoms with Gasteiger partial charge in [0.15, 0.2) is 0 Å². The zero-order valence-corrected chi connectivity index (χ0v) is 24.1. The summed E-state index contributed by atoms with van der Waals surface area (Å²) >= 11 is 0. The van der Waals surface area contributed by atoms with Crippen molar-refractivity contribution in [3.05, 3.63) is 60.3 Å². The number of aryl methyl sites for hydroxylation is 1. The van der Waals surface area contributed by atoms with Gasteiger partial charge in [0.25, 0.3) is 5.91 Å². The maximum absolute atomic E-state index is 13.3. The van der Waals surface area contributed by atoms with Crippen LogP contribution in [0.15, 0.2) is 54.7 Å². The molecule has 1 aliphatic rings. The zero-order chi connectivity index (χ0) is 29.1. The van der Waals surface area contributed by atoms with Crippen molar-refractivity contribution in [3.8, 4) is 0 Å². The van der Waals surface area contributed by atoms with Gasteiger partial charge in [-0.1, -0.05) is 25.3 Å². The van der Waals surface area contributed by atoms with Gasteiger partial charge in [-0.25, -0.2) is 4.98 Å². The van der Waals surface area contributed by atoms with E-state index in [1.54, 1.807) is 36.3 Å². The predicted molar refractivity (Wildman–Crippen MR) is 160 cm³/mol. The smallest absolute Gasteiger partial charge is 0.308 e. The average molecular weight is 556 g/mol. The summed E-state index contributed by atoms with van der Waals surface area (Å²) in [6.45, 7) is 5.75. The third-order valence-corrected chi connectivity index (χ3v) is 7.45. The number of imidazole rings is 1. The molecule has 0 bridgehead atoms. The molecule has 0 aliphatic heterocycles. The fourth-order valence-electron chi connectivity index (χ4n) is 5.39. The number of anilines is 2. The van der Waals surface area contributed by atoms with Gasteiger partial charge in [0, 0.05) is 42.3 Å². The van der Waals surface area contributed by atoms with E-state index in [0.717, 1.165) is 47.8 Å². The van der Waals surface area contributed by atoms with E-state index in [0.29, 0.717) is 17.0 Å². The number of rotatable bonds is 7. The highest BCUT2D eigenvalue weighted by Crippen LogP contribution is 2.30. The molecule has 2 heterocycles. The number of ether oxygens (including phenoxy) is 1. The van der Waals surface area contributed by atoms with Crippen LogP contribution in [0.5, 0.6) is 0 Å². The van der Waals surface area contributed by atoms with Gasteiger partial charge in [-0.15, -0.1) is 0 Å². The van der Waals surface area contributed by atoms with Crippen LogP contribution in [-0.2, 0) is 20.9 Å². The van der Waals surface area contributed by atoms with E-state index < -0.39 is 5.60 Å². The second kappa shape index (κ2) is 11.7. The molecule has 2 amide bonds.